The van der Waals surface area contributed by atoms with Gasteiger partial charge < -0.3 is 19.7 Å². The average molecular weight is 324 g/mol. The van der Waals surface area contributed by atoms with Gasteiger partial charge in [-0.15, -0.1) is 0 Å². The number of ether oxygens (including phenoxy) is 2. The highest BCUT2D eigenvalue weighted by molar-refractivity contribution is 5.80. The highest BCUT2D eigenvalue weighted by Gasteiger charge is 2.17. The van der Waals surface area contributed by atoms with Crippen LogP contribution in [0, 0.1) is 0 Å². The molecule has 0 saturated carbocycles. The van der Waals surface area contributed by atoms with E-state index < -0.39 is 0 Å². The lowest BCUT2D eigenvalue weighted by Crippen LogP contribution is -1.99. The first kappa shape index (κ1) is 15.9. The first-order chi connectivity index (χ1) is 11.7. The number of nitrogens with zero attached hydrogens (tertiary/aromatic N) is 1. The van der Waals surface area contributed by atoms with Gasteiger partial charge in [-0.2, -0.15) is 0 Å². The molecule has 1 aromatic heterocycles. The second kappa shape index (κ2) is 7.08. The van der Waals surface area contributed by atoms with Gasteiger partial charge in [-0.3, -0.25) is 0 Å². The summed E-state index contributed by atoms with van der Waals surface area (Å²) >= 11 is 0. The van der Waals surface area contributed by atoms with Crippen LogP contribution in [-0.4, -0.2) is 18.4 Å². The largest absolute Gasteiger partial charge is 0.493 e. The maximum atomic E-state index is 5.85. The van der Waals surface area contributed by atoms with E-state index in [0.717, 1.165) is 22.4 Å². The zero-order valence-corrected chi connectivity index (χ0v) is 13.8. The van der Waals surface area contributed by atoms with Crippen LogP contribution in [0.1, 0.15) is 13.8 Å². The average Bonchev–Trinajstić information content (AvgIpc) is 3.03. The first-order valence-corrected chi connectivity index (χ1v) is 7.94. The van der Waals surface area contributed by atoms with Crippen LogP contribution in [0.25, 0.3) is 22.4 Å². The van der Waals surface area contributed by atoms with Crippen molar-refractivity contribution in [1.29, 1.82) is 0 Å². The Morgan fingerprint density at radius 3 is 2.12 bits per heavy atom. The Morgan fingerprint density at radius 2 is 1.54 bits per heavy atom. The molecule has 0 saturated heterocycles. The summed E-state index contributed by atoms with van der Waals surface area (Å²) in [5.41, 5.74) is 9.11. The molecule has 0 amide bonds. The van der Waals surface area contributed by atoms with E-state index in [2.05, 4.69) is 5.16 Å². The van der Waals surface area contributed by atoms with Gasteiger partial charge in [0.15, 0.2) is 0 Å². The molecule has 0 aliphatic rings. The lowest BCUT2D eigenvalue weighted by Gasteiger charge is -2.16. The molecule has 3 aromatic rings. The lowest BCUT2D eigenvalue weighted by molar-refractivity contribution is 0.332. The van der Waals surface area contributed by atoms with E-state index in [0.29, 0.717) is 24.7 Å². The van der Waals surface area contributed by atoms with E-state index in [4.69, 9.17) is 19.7 Å². The molecule has 24 heavy (non-hydrogen) atoms. The van der Waals surface area contributed by atoms with Crippen molar-refractivity contribution in [2.24, 2.45) is 0 Å². The Labute approximate surface area is 141 Å². The minimum absolute atomic E-state index is 0.262. The van der Waals surface area contributed by atoms with Crippen molar-refractivity contribution in [2.45, 2.75) is 13.8 Å². The summed E-state index contributed by atoms with van der Waals surface area (Å²) in [6, 6.07) is 15.6. The van der Waals surface area contributed by atoms with Crippen molar-refractivity contribution < 1.29 is 14.0 Å². The number of nitrogen functional groups attached to an aromatic ring is 1. The minimum atomic E-state index is 0.262. The number of hydrogen-bond donors (Lipinski definition) is 1. The molecule has 5 nitrogen and oxygen atoms in total. The van der Waals surface area contributed by atoms with Crippen LogP contribution in [0.3, 0.4) is 0 Å². The van der Waals surface area contributed by atoms with E-state index >= 15 is 0 Å². The molecule has 124 valence electrons. The molecule has 0 bridgehead atoms. The van der Waals surface area contributed by atoms with Crippen molar-refractivity contribution in [2.75, 3.05) is 18.9 Å². The topological polar surface area (TPSA) is 70.5 Å². The summed E-state index contributed by atoms with van der Waals surface area (Å²) in [5.74, 6) is 1.74. The summed E-state index contributed by atoms with van der Waals surface area (Å²) in [5, 5.41) is 4.00. The fourth-order valence-electron chi connectivity index (χ4n) is 2.57. The van der Waals surface area contributed by atoms with E-state index in [1.54, 1.807) is 6.07 Å². The van der Waals surface area contributed by atoms with Crippen molar-refractivity contribution in [3.8, 4) is 33.9 Å². The highest BCUT2D eigenvalue weighted by Crippen LogP contribution is 2.41. The summed E-state index contributed by atoms with van der Waals surface area (Å²) in [6.45, 7) is 5.01. The number of nitrogens with two attached hydrogens (primary N) is 1. The smallest absolute Gasteiger partial charge is 0.222 e. The molecule has 0 fully saturated rings. The van der Waals surface area contributed by atoms with Crippen molar-refractivity contribution >= 4 is 5.88 Å². The fourth-order valence-corrected chi connectivity index (χ4v) is 2.57. The van der Waals surface area contributed by atoms with E-state index in [1.165, 1.54) is 0 Å². The van der Waals surface area contributed by atoms with Crippen LogP contribution in [0.4, 0.5) is 5.88 Å². The van der Waals surface area contributed by atoms with Gasteiger partial charge in [-0.25, -0.2) is 0 Å². The third-order valence-electron chi connectivity index (χ3n) is 3.57. The predicted molar refractivity (Wildman–Crippen MR) is 94.1 cm³/mol. The molecular formula is C19H20N2O3. The Balaban J connectivity index is 2.18. The third-order valence-corrected chi connectivity index (χ3v) is 3.57. The van der Waals surface area contributed by atoms with Crippen molar-refractivity contribution in [3.05, 3.63) is 48.5 Å². The second-order valence-electron chi connectivity index (χ2n) is 5.19. The van der Waals surface area contributed by atoms with E-state index in [9.17, 15) is 0 Å². The molecule has 0 unspecified atom stereocenters. The second-order valence-corrected chi connectivity index (χ2v) is 5.19. The fraction of sp³-hybridized carbons (Fsp3) is 0.211. The maximum Gasteiger partial charge on any atom is 0.222 e. The van der Waals surface area contributed by atoms with Gasteiger partial charge in [-0.1, -0.05) is 35.5 Å². The quantitative estimate of drug-likeness (QED) is 0.728. The molecule has 1 heterocycles. The summed E-state index contributed by atoms with van der Waals surface area (Å²) in [4.78, 5) is 0. The monoisotopic (exact) mass is 324 g/mol. The van der Waals surface area contributed by atoms with E-state index in [-0.39, 0.29) is 5.88 Å². The normalized spacial score (nSPS) is 10.6. The number of aromatic nitrogens is 1. The number of anilines is 1. The standard InChI is InChI=1S/C19H20N2O3/c1-3-22-17-11-15(16-12-19(20)24-21-16)18(23-4-2)10-14(17)13-8-6-5-7-9-13/h5-12H,3-4,20H2,1-2H3. The van der Waals surface area contributed by atoms with Crippen LogP contribution in [-0.2, 0) is 0 Å². The van der Waals surface area contributed by atoms with Crippen LogP contribution >= 0.6 is 0 Å². The molecule has 0 radical (unpaired) electrons. The highest BCUT2D eigenvalue weighted by atomic mass is 16.5. The van der Waals surface area contributed by atoms with Gasteiger partial charge in [0, 0.05) is 17.2 Å². The SMILES string of the molecule is CCOc1cc(-c2cc(N)on2)c(OCC)cc1-c1ccccc1. The lowest BCUT2D eigenvalue weighted by atomic mass is 10.00. The zero-order chi connectivity index (χ0) is 16.9. The van der Waals surface area contributed by atoms with Crippen LogP contribution < -0.4 is 15.2 Å². The van der Waals surface area contributed by atoms with Crippen LogP contribution in [0.2, 0.25) is 0 Å². The van der Waals surface area contributed by atoms with Gasteiger partial charge in [-0.05, 0) is 31.5 Å². The van der Waals surface area contributed by atoms with Crippen LogP contribution in [0.15, 0.2) is 53.1 Å². The molecule has 2 aromatic carbocycles. The van der Waals surface area contributed by atoms with Gasteiger partial charge in [0.1, 0.15) is 17.2 Å². The van der Waals surface area contributed by atoms with Gasteiger partial charge in [0.2, 0.25) is 5.88 Å². The Bertz CT molecular complexity index is 813. The summed E-state index contributed by atoms with van der Waals surface area (Å²) < 4.78 is 16.7. The number of hydrogen-bond acceptors (Lipinski definition) is 5. The minimum Gasteiger partial charge on any atom is -0.493 e. The van der Waals surface area contributed by atoms with Gasteiger partial charge in [0.05, 0.1) is 13.2 Å². The molecule has 5 heteroatoms. The van der Waals surface area contributed by atoms with Crippen molar-refractivity contribution in [1.82, 2.24) is 5.16 Å². The molecule has 0 atom stereocenters. The van der Waals surface area contributed by atoms with Crippen LogP contribution in [0.5, 0.6) is 11.5 Å². The number of rotatable bonds is 6. The summed E-state index contributed by atoms with van der Waals surface area (Å²) in [6.07, 6.45) is 0. The number of benzene rings is 2. The Hall–Kier alpha value is -2.95. The third kappa shape index (κ3) is 3.20. The molecule has 0 aliphatic heterocycles. The molecule has 0 spiro atoms. The van der Waals surface area contributed by atoms with Gasteiger partial charge >= 0.3 is 0 Å². The molecule has 3 rings (SSSR count). The molecule has 0 aliphatic carbocycles. The molecular weight excluding hydrogens is 304 g/mol. The Kier molecular flexibility index (Phi) is 4.70. The van der Waals surface area contributed by atoms with Crippen molar-refractivity contribution in [3.63, 3.8) is 0 Å². The van der Waals surface area contributed by atoms with Gasteiger partial charge in [0.25, 0.3) is 0 Å². The maximum absolute atomic E-state index is 5.85. The Morgan fingerprint density at radius 1 is 0.917 bits per heavy atom. The zero-order valence-electron chi connectivity index (χ0n) is 13.8. The molecule has 2 N–H and O–H groups in total. The predicted octanol–water partition coefficient (Wildman–Crippen LogP) is 4.39. The first-order valence-electron chi connectivity index (χ1n) is 7.94. The van der Waals surface area contributed by atoms with E-state index in [1.807, 2.05) is 56.3 Å². The summed E-state index contributed by atoms with van der Waals surface area (Å²) in [7, 11) is 0.